The van der Waals surface area contributed by atoms with Crippen molar-refractivity contribution in [2.75, 3.05) is 13.7 Å². The molecule has 0 unspecified atom stereocenters. The van der Waals surface area contributed by atoms with Crippen LogP contribution in [0.2, 0.25) is 0 Å². The van der Waals surface area contributed by atoms with E-state index in [0.717, 1.165) is 11.3 Å². The Kier molecular flexibility index (Phi) is 5.26. The molecule has 0 fully saturated rings. The Hall–Kier alpha value is -2.48. The smallest absolute Gasteiger partial charge is 0.323 e. The van der Waals surface area contributed by atoms with Crippen LogP contribution in [0.3, 0.4) is 0 Å². The predicted molar refractivity (Wildman–Crippen MR) is 65.1 cm³/mol. The minimum atomic E-state index is -1.10. The van der Waals surface area contributed by atoms with Gasteiger partial charge in [-0.1, -0.05) is 18.1 Å². The van der Waals surface area contributed by atoms with Gasteiger partial charge in [0.25, 0.3) is 5.91 Å². The molecule has 0 aliphatic heterocycles. The van der Waals surface area contributed by atoms with Crippen molar-refractivity contribution in [2.45, 2.75) is 6.42 Å². The number of carboxylic acid groups (broad SMARTS) is 1. The highest BCUT2D eigenvalue weighted by Gasteiger charge is 1.99. The van der Waals surface area contributed by atoms with Crippen LogP contribution in [0.25, 0.3) is 0 Å². The molecule has 0 saturated carbocycles. The fourth-order valence-corrected chi connectivity index (χ4v) is 1.21. The van der Waals surface area contributed by atoms with E-state index in [1.54, 1.807) is 7.11 Å². The summed E-state index contributed by atoms with van der Waals surface area (Å²) >= 11 is 0. The Morgan fingerprint density at radius 3 is 2.89 bits per heavy atom. The standard InChI is InChI=1S/C13H13NO4/c1-18-11-6-2-4-10(8-11)5-3-7-12(15)14-9-13(16)17/h2,4,6,8H,5,9H2,1H3,(H,14,15)(H,16,17). The van der Waals surface area contributed by atoms with Crippen molar-refractivity contribution in [1.29, 1.82) is 0 Å². The maximum atomic E-state index is 11.1. The number of methoxy groups -OCH3 is 1. The van der Waals surface area contributed by atoms with E-state index in [-0.39, 0.29) is 0 Å². The van der Waals surface area contributed by atoms with Gasteiger partial charge in [-0.3, -0.25) is 9.59 Å². The molecular weight excluding hydrogens is 234 g/mol. The third-order valence-corrected chi connectivity index (χ3v) is 2.03. The molecule has 0 radical (unpaired) electrons. The van der Waals surface area contributed by atoms with Crippen LogP contribution < -0.4 is 10.1 Å². The van der Waals surface area contributed by atoms with Gasteiger partial charge >= 0.3 is 5.97 Å². The summed E-state index contributed by atoms with van der Waals surface area (Å²) in [4.78, 5) is 21.3. The van der Waals surface area contributed by atoms with E-state index >= 15 is 0 Å². The number of carbonyl (C=O) groups is 2. The summed E-state index contributed by atoms with van der Waals surface area (Å²) in [5, 5.41) is 10.5. The number of aliphatic carboxylic acids is 1. The molecule has 0 saturated heterocycles. The molecule has 1 amide bonds. The highest BCUT2D eigenvalue weighted by Crippen LogP contribution is 2.12. The quantitative estimate of drug-likeness (QED) is 0.757. The van der Waals surface area contributed by atoms with Crippen LogP contribution in [0.4, 0.5) is 0 Å². The Balaban J connectivity index is 2.49. The van der Waals surface area contributed by atoms with Gasteiger partial charge in [0.15, 0.2) is 0 Å². The number of carboxylic acids is 1. The van der Waals surface area contributed by atoms with Gasteiger partial charge in [0.2, 0.25) is 0 Å². The zero-order valence-electron chi connectivity index (χ0n) is 9.90. The summed E-state index contributed by atoms with van der Waals surface area (Å²) in [6.45, 7) is -0.424. The lowest BCUT2D eigenvalue weighted by atomic mass is 10.1. The SMILES string of the molecule is COc1cccc(CC#CC(=O)NCC(=O)O)c1. The molecule has 1 rings (SSSR count). The van der Waals surface area contributed by atoms with Crippen LogP contribution in [0, 0.1) is 11.8 Å². The van der Waals surface area contributed by atoms with Gasteiger partial charge < -0.3 is 15.2 Å². The molecule has 2 N–H and O–H groups in total. The molecule has 1 aromatic carbocycles. The van der Waals surface area contributed by atoms with Crippen LogP contribution in [0.15, 0.2) is 24.3 Å². The second-order valence-corrected chi connectivity index (χ2v) is 3.41. The van der Waals surface area contributed by atoms with E-state index in [9.17, 15) is 9.59 Å². The molecule has 5 heteroatoms. The lowest BCUT2D eigenvalue weighted by Gasteiger charge is -2.00. The molecule has 0 aromatic heterocycles. The molecule has 5 nitrogen and oxygen atoms in total. The third kappa shape index (κ3) is 5.03. The minimum absolute atomic E-state index is 0.400. The van der Waals surface area contributed by atoms with E-state index < -0.39 is 18.4 Å². The van der Waals surface area contributed by atoms with Gasteiger partial charge in [-0.2, -0.15) is 0 Å². The van der Waals surface area contributed by atoms with Crippen molar-refractivity contribution >= 4 is 11.9 Å². The van der Waals surface area contributed by atoms with Crippen LogP contribution in [0.1, 0.15) is 5.56 Å². The molecule has 0 atom stereocenters. The fourth-order valence-electron chi connectivity index (χ4n) is 1.21. The summed E-state index contributed by atoms with van der Waals surface area (Å²) < 4.78 is 5.05. The summed E-state index contributed by atoms with van der Waals surface area (Å²) in [6.07, 6.45) is 0.400. The number of nitrogens with one attached hydrogen (secondary N) is 1. The normalized spacial score (nSPS) is 8.94. The second kappa shape index (κ2) is 6.97. The first kappa shape index (κ1) is 13.6. The minimum Gasteiger partial charge on any atom is -0.497 e. The van der Waals surface area contributed by atoms with Crippen LogP contribution in [-0.2, 0) is 16.0 Å². The van der Waals surface area contributed by atoms with Crippen molar-refractivity contribution in [3.05, 3.63) is 29.8 Å². The van der Waals surface area contributed by atoms with E-state index in [2.05, 4.69) is 17.2 Å². The van der Waals surface area contributed by atoms with Crippen molar-refractivity contribution in [2.24, 2.45) is 0 Å². The van der Waals surface area contributed by atoms with Crippen LogP contribution in [-0.4, -0.2) is 30.6 Å². The molecule has 0 bridgehead atoms. The number of rotatable bonds is 4. The van der Waals surface area contributed by atoms with E-state index in [4.69, 9.17) is 9.84 Å². The number of hydrogen-bond donors (Lipinski definition) is 2. The lowest BCUT2D eigenvalue weighted by molar-refractivity contribution is -0.137. The summed E-state index contributed by atoms with van der Waals surface area (Å²) in [6, 6.07) is 7.34. The molecule has 94 valence electrons. The fraction of sp³-hybridized carbons (Fsp3) is 0.231. The van der Waals surface area contributed by atoms with Gasteiger partial charge in [-0.15, -0.1) is 0 Å². The van der Waals surface area contributed by atoms with Gasteiger partial charge in [0.05, 0.1) is 7.11 Å². The monoisotopic (exact) mass is 247 g/mol. The zero-order valence-corrected chi connectivity index (χ0v) is 9.90. The third-order valence-electron chi connectivity index (χ3n) is 2.03. The average Bonchev–Trinajstić information content (AvgIpc) is 2.36. The predicted octanol–water partition coefficient (Wildman–Crippen LogP) is 0.442. The van der Waals surface area contributed by atoms with Gasteiger partial charge in [0.1, 0.15) is 12.3 Å². The van der Waals surface area contributed by atoms with E-state index in [0.29, 0.717) is 6.42 Å². The van der Waals surface area contributed by atoms with E-state index in [1.165, 1.54) is 0 Å². The number of carbonyl (C=O) groups excluding carboxylic acids is 1. The molecule has 0 aliphatic rings. The van der Waals surface area contributed by atoms with Crippen LogP contribution >= 0.6 is 0 Å². The molecule has 0 heterocycles. The Bertz CT molecular complexity index is 499. The topological polar surface area (TPSA) is 75.6 Å². The summed E-state index contributed by atoms with van der Waals surface area (Å²) in [5.74, 6) is 4.02. The van der Waals surface area contributed by atoms with Crippen LogP contribution in [0.5, 0.6) is 5.75 Å². The number of ether oxygens (including phenoxy) is 1. The van der Waals surface area contributed by atoms with E-state index in [1.807, 2.05) is 24.3 Å². The molecule has 1 aromatic rings. The maximum Gasteiger partial charge on any atom is 0.323 e. The molecule has 0 aliphatic carbocycles. The Morgan fingerprint density at radius 2 is 2.22 bits per heavy atom. The molecule has 18 heavy (non-hydrogen) atoms. The second-order valence-electron chi connectivity index (χ2n) is 3.41. The average molecular weight is 247 g/mol. The first-order chi connectivity index (χ1) is 8.61. The number of amides is 1. The lowest BCUT2D eigenvalue weighted by Crippen LogP contribution is -2.27. The summed E-state index contributed by atoms with van der Waals surface area (Å²) in [7, 11) is 1.57. The highest BCUT2D eigenvalue weighted by atomic mass is 16.5. The zero-order chi connectivity index (χ0) is 13.4. The van der Waals surface area contributed by atoms with Gasteiger partial charge in [-0.05, 0) is 23.6 Å². The van der Waals surface area contributed by atoms with Crippen molar-refractivity contribution in [1.82, 2.24) is 5.32 Å². The van der Waals surface area contributed by atoms with Crippen molar-refractivity contribution in [3.63, 3.8) is 0 Å². The number of hydrogen-bond acceptors (Lipinski definition) is 3. The van der Waals surface area contributed by atoms with Gasteiger partial charge in [0, 0.05) is 6.42 Å². The largest absolute Gasteiger partial charge is 0.497 e. The highest BCUT2D eigenvalue weighted by molar-refractivity contribution is 5.95. The maximum absolute atomic E-state index is 11.1. The molecule has 0 spiro atoms. The van der Waals surface area contributed by atoms with Crippen molar-refractivity contribution in [3.8, 4) is 17.6 Å². The first-order valence-electron chi connectivity index (χ1n) is 5.23. The van der Waals surface area contributed by atoms with Crippen molar-refractivity contribution < 1.29 is 19.4 Å². The molecular formula is C13H13NO4. The summed E-state index contributed by atoms with van der Waals surface area (Å²) in [5.41, 5.74) is 0.924. The Labute approximate surface area is 105 Å². The first-order valence-corrected chi connectivity index (χ1v) is 5.23. The van der Waals surface area contributed by atoms with Gasteiger partial charge in [-0.25, -0.2) is 0 Å². The number of benzene rings is 1. The Morgan fingerprint density at radius 1 is 1.44 bits per heavy atom.